The van der Waals surface area contributed by atoms with Gasteiger partial charge in [0.1, 0.15) is 5.75 Å². The molecule has 0 unspecified atom stereocenters. The number of hydrogen-bond donors (Lipinski definition) is 1. The van der Waals surface area contributed by atoms with Crippen LogP contribution >= 0.6 is 11.8 Å². The zero-order valence-electron chi connectivity index (χ0n) is 9.11. The first-order chi connectivity index (χ1) is 7.38. The molecule has 1 rings (SSSR count). The fraction of sp³-hybridized carbons (Fsp3) is 0.500. The molecule has 0 bridgehead atoms. The van der Waals surface area contributed by atoms with Gasteiger partial charge in [0.15, 0.2) is 0 Å². The van der Waals surface area contributed by atoms with E-state index < -0.39 is 0 Å². The molecule has 0 aliphatic rings. The minimum absolute atomic E-state index is 0.172. The Bertz CT molecular complexity index is 276. The van der Waals surface area contributed by atoms with Crippen molar-refractivity contribution < 1.29 is 9.84 Å². The van der Waals surface area contributed by atoms with Crippen LogP contribution in [0.3, 0.4) is 0 Å². The first-order valence-corrected chi connectivity index (χ1v) is 6.58. The van der Waals surface area contributed by atoms with Gasteiger partial charge in [-0.05, 0) is 36.5 Å². The van der Waals surface area contributed by atoms with E-state index in [1.807, 2.05) is 36.0 Å². The normalized spacial score (nSPS) is 10.3. The molecule has 0 fully saturated rings. The first kappa shape index (κ1) is 12.4. The highest BCUT2D eigenvalue weighted by Gasteiger charge is 2.01. The van der Waals surface area contributed by atoms with Gasteiger partial charge in [-0.15, -0.1) is 0 Å². The predicted octanol–water partition coefficient (Wildman–Crippen LogP) is 2.35. The molecule has 2 nitrogen and oxygen atoms in total. The van der Waals surface area contributed by atoms with Crippen LogP contribution in [0.2, 0.25) is 0 Å². The SMILES string of the molecule is CSCCCOc1ccccc1CCO. The van der Waals surface area contributed by atoms with Gasteiger partial charge >= 0.3 is 0 Å². The molecule has 0 spiro atoms. The summed E-state index contributed by atoms with van der Waals surface area (Å²) in [5.41, 5.74) is 1.09. The number of aliphatic hydroxyl groups is 1. The quantitative estimate of drug-likeness (QED) is 0.724. The molecular formula is C12H18O2S. The fourth-order valence-corrected chi connectivity index (χ4v) is 1.76. The van der Waals surface area contributed by atoms with Gasteiger partial charge in [0.2, 0.25) is 0 Å². The minimum Gasteiger partial charge on any atom is -0.493 e. The van der Waals surface area contributed by atoms with Crippen LogP contribution in [0.4, 0.5) is 0 Å². The van der Waals surface area contributed by atoms with Gasteiger partial charge < -0.3 is 9.84 Å². The third-order valence-electron chi connectivity index (χ3n) is 2.10. The van der Waals surface area contributed by atoms with E-state index in [1.54, 1.807) is 0 Å². The van der Waals surface area contributed by atoms with Crippen LogP contribution in [0.5, 0.6) is 5.75 Å². The number of benzene rings is 1. The second kappa shape index (κ2) is 7.60. The Morgan fingerprint density at radius 1 is 1.33 bits per heavy atom. The largest absolute Gasteiger partial charge is 0.493 e. The number of rotatable bonds is 7. The highest BCUT2D eigenvalue weighted by atomic mass is 32.2. The van der Waals surface area contributed by atoms with Crippen LogP contribution in [-0.2, 0) is 6.42 Å². The number of para-hydroxylation sites is 1. The van der Waals surface area contributed by atoms with Gasteiger partial charge in [-0.2, -0.15) is 11.8 Å². The molecule has 0 amide bonds. The summed E-state index contributed by atoms with van der Waals surface area (Å²) < 4.78 is 5.67. The summed E-state index contributed by atoms with van der Waals surface area (Å²) >= 11 is 1.83. The topological polar surface area (TPSA) is 29.5 Å². The monoisotopic (exact) mass is 226 g/mol. The maximum Gasteiger partial charge on any atom is 0.122 e. The summed E-state index contributed by atoms with van der Waals surface area (Å²) in [7, 11) is 0. The Balaban J connectivity index is 2.44. The molecule has 84 valence electrons. The average Bonchev–Trinajstić information content (AvgIpc) is 2.27. The molecule has 0 aliphatic heterocycles. The van der Waals surface area contributed by atoms with Crippen molar-refractivity contribution in [2.75, 3.05) is 25.2 Å². The molecule has 0 atom stereocenters. The lowest BCUT2D eigenvalue weighted by Crippen LogP contribution is -2.02. The van der Waals surface area contributed by atoms with Gasteiger partial charge in [-0.1, -0.05) is 18.2 Å². The number of ether oxygens (including phenoxy) is 1. The molecule has 3 heteroatoms. The van der Waals surface area contributed by atoms with Gasteiger partial charge in [0.25, 0.3) is 0 Å². The standard InChI is InChI=1S/C12H18O2S/c1-15-10-4-9-14-12-6-3-2-5-11(12)7-8-13/h2-3,5-6,13H,4,7-10H2,1H3. The van der Waals surface area contributed by atoms with Crippen LogP contribution in [0.15, 0.2) is 24.3 Å². The summed E-state index contributed by atoms with van der Waals surface area (Å²) in [6.45, 7) is 0.925. The Labute approximate surface area is 95.7 Å². The van der Waals surface area contributed by atoms with E-state index in [1.165, 1.54) is 0 Å². The van der Waals surface area contributed by atoms with Crippen molar-refractivity contribution >= 4 is 11.8 Å². The van der Waals surface area contributed by atoms with E-state index in [0.717, 1.165) is 30.1 Å². The average molecular weight is 226 g/mol. The van der Waals surface area contributed by atoms with Gasteiger partial charge in [-0.3, -0.25) is 0 Å². The third kappa shape index (κ3) is 4.58. The number of aliphatic hydroxyl groups excluding tert-OH is 1. The van der Waals surface area contributed by atoms with E-state index in [9.17, 15) is 0 Å². The number of hydrogen-bond acceptors (Lipinski definition) is 3. The van der Waals surface area contributed by atoms with Gasteiger partial charge in [0, 0.05) is 6.61 Å². The van der Waals surface area contributed by atoms with Crippen molar-refractivity contribution in [3.8, 4) is 5.75 Å². The van der Waals surface area contributed by atoms with E-state index in [-0.39, 0.29) is 6.61 Å². The van der Waals surface area contributed by atoms with E-state index in [2.05, 4.69) is 6.26 Å². The molecule has 0 heterocycles. The van der Waals surface area contributed by atoms with Crippen molar-refractivity contribution in [3.63, 3.8) is 0 Å². The summed E-state index contributed by atoms with van der Waals surface area (Å²) in [5.74, 6) is 2.04. The Morgan fingerprint density at radius 2 is 2.13 bits per heavy atom. The van der Waals surface area contributed by atoms with Crippen molar-refractivity contribution in [3.05, 3.63) is 29.8 Å². The lowest BCUT2D eigenvalue weighted by Gasteiger charge is -2.10. The summed E-state index contributed by atoms with van der Waals surface area (Å²) in [5, 5.41) is 8.89. The maximum atomic E-state index is 8.89. The van der Waals surface area contributed by atoms with Gasteiger partial charge in [-0.25, -0.2) is 0 Å². The third-order valence-corrected chi connectivity index (χ3v) is 2.80. The van der Waals surface area contributed by atoms with Crippen LogP contribution in [0.25, 0.3) is 0 Å². The van der Waals surface area contributed by atoms with Crippen LogP contribution in [-0.4, -0.2) is 30.3 Å². The molecule has 0 aromatic heterocycles. The first-order valence-electron chi connectivity index (χ1n) is 5.19. The lowest BCUT2D eigenvalue weighted by atomic mass is 10.1. The van der Waals surface area contributed by atoms with Crippen molar-refractivity contribution in [2.45, 2.75) is 12.8 Å². The van der Waals surface area contributed by atoms with E-state index in [4.69, 9.17) is 9.84 Å². The Kier molecular flexibility index (Phi) is 6.28. The second-order valence-electron chi connectivity index (χ2n) is 3.28. The molecular weight excluding hydrogens is 208 g/mol. The van der Waals surface area contributed by atoms with Crippen LogP contribution < -0.4 is 4.74 Å². The number of thioether (sulfide) groups is 1. The zero-order chi connectivity index (χ0) is 10.9. The van der Waals surface area contributed by atoms with Crippen molar-refractivity contribution in [1.29, 1.82) is 0 Å². The highest BCUT2D eigenvalue weighted by molar-refractivity contribution is 7.98. The van der Waals surface area contributed by atoms with Crippen molar-refractivity contribution in [1.82, 2.24) is 0 Å². The Hall–Kier alpha value is -0.670. The fourth-order valence-electron chi connectivity index (χ4n) is 1.36. The minimum atomic E-state index is 0.172. The second-order valence-corrected chi connectivity index (χ2v) is 4.26. The smallest absolute Gasteiger partial charge is 0.122 e. The molecule has 0 radical (unpaired) electrons. The highest BCUT2D eigenvalue weighted by Crippen LogP contribution is 2.18. The van der Waals surface area contributed by atoms with E-state index in [0.29, 0.717) is 6.42 Å². The molecule has 0 saturated heterocycles. The molecule has 1 N–H and O–H groups in total. The molecule has 0 aliphatic carbocycles. The molecule has 0 saturated carbocycles. The molecule has 1 aromatic carbocycles. The summed E-state index contributed by atoms with van der Waals surface area (Å²) in [4.78, 5) is 0. The Morgan fingerprint density at radius 3 is 2.87 bits per heavy atom. The summed E-state index contributed by atoms with van der Waals surface area (Å²) in [6, 6.07) is 7.90. The van der Waals surface area contributed by atoms with Crippen LogP contribution in [0, 0.1) is 0 Å². The van der Waals surface area contributed by atoms with Crippen molar-refractivity contribution in [2.24, 2.45) is 0 Å². The lowest BCUT2D eigenvalue weighted by molar-refractivity contribution is 0.288. The molecule has 15 heavy (non-hydrogen) atoms. The maximum absolute atomic E-state index is 8.89. The predicted molar refractivity (Wildman–Crippen MR) is 65.7 cm³/mol. The molecule has 1 aromatic rings. The van der Waals surface area contributed by atoms with Gasteiger partial charge in [0.05, 0.1) is 6.61 Å². The van der Waals surface area contributed by atoms with E-state index >= 15 is 0 Å². The zero-order valence-corrected chi connectivity index (χ0v) is 9.93. The summed E-state index contributed by atoms with van der Waals surface area (Å²) in [6.07, 6.45) is 3.83. The van der Waals surface area contributed by atoms with Crippen LogP contribution in [0.1, 0.15) is 12.0 Å².